The number of halogens is 1. The minimum absolute atomic E-state index is 0.00556. The second-order valence-corrected chi connectivity index (χ2v) is 6.65. The van der Waals surface area contributed by atoms with Crippen molar-refractivity contribution in [3.8, 4) is 0 Å². The van der Waals surface area contributed by atoms with Crippen LogP contribution in [0.1, 0.15) is 16.8 Å². The van der Waals surface area contributed by atoms with E-state index in [-0.39, 0.29) is 34.4 Å². The van der Waals surface area contributed by atoms with Gasteiger partial charge in [0.25, 0.3) is 0 Å². The molecule has 0 radical (unpaired) electrons. The second kappa shape index (κ2) is 6.88. The fraction of sp³-hybridized carbons (Fsp3) is 0.333. The van der Waals surface area contributed by atoms with Crippen LogP contribution in [0.5, 0.6) is 0 Å². The molecule has 0 aliphatic rings. The summed E-state index contributed by atoms with van der Waals surface area (Å²) in [5, 5.41) is 11.3. The van der Waals surface area contributed by atoms with Crippen molar-refractivity contribution >= 4 is 33.5 Å². The van der Waals surface area contributed by atoms with Crippen LogP contribution in [0.3, 0.4) is 0 Å². The molecule has 7 nitrogen and oxygen atoms in total. The minimum atomic E-state index is -3.88. The van der Waals surface area contributed by atoms with Gasteiger partial charge in [0.15, 0.2) is 0 Å². The maximum atomic E-state index is 12.3. The number of sulfonamides is 1. The van der Waals surface area contributed by atoms with E-state index in [1.54, 1.807) is 0 Å². The van der Waals surface area contributed by atoms with Crippen LogP contribution in [-0.2, 0) is 14.8 Å². The summed E-state index contributed by atoms with van der Waals surface area (Å²) in [6.07, 6.45) is 0.00556. The van der Waals surface area contributed by atoms with Crippen molar-refractivity contribution < 1.29 is 23.1 Å². The molecule has 0 aliphatic carbocycles. The summed E-state index contributed by atoms with van der Waals surface area (Å²) in [4.78, 5) is 21.9. The summed E-state index contributed by atoms with van der Waals surface area (Å²) in [6, 6.07) is 3.43. The van der Waals surface area contributed by atoms with Crippen molar-refractivity contribution in [1.82, 2.24) is 9.62 Å². The molecule has 0 aliphatic heterocycles. The number of amides is 1. The number of benzene rings is 1. The van der Waals surface area contributed by atoms with Gasteiger partial charge in [-0.05, 0) is 18.2 Å². The van der Waals surface area contributed by atoms with Gasteiger partial charge in [-0.25, -0.2) is 17.5 Å². The first-order valence-electron chi connectivity index (χ1n) is 5.90. The predicted octanol–water partition coefficient (Wildman–Crippen LogP) is 0.795. The number of carbonyl (C=O) groups is 2. The molecule has 0 saturated carbocycles. The van der Waals surface area contributed by atoms with E-state index < -0.39 is 16.0 Å². The van der Waals surface area contributed by atoms with Crippen LogP contribution < -0.4 is 5.32 Å². The molecule has 21 heavy (non-hydrogen) atoms. The largest absolute Gasteiger partial charge is 0.478 e. The Labute approximate surface area is 127 Å². The first kappa shape index (κ1) is 17.4. The van der Waals surface area contributed by atoms with Gasteiger partial charge in [0, 0.05) is 27.1 Å². The lowest BCUT2D eigenvalue weighted by molar-refractivity contribution is -0.120. The maximum absolute atomic E-state index is 12.3. The zero-order valence-electron chi connectivity index (χ0n) is 11.5. The van der Waals surface area contributed by atoms with Crippen molar-refractivity contribution in [3.05, 3.63) is 28.8 Å². The Bertz CT molecular complexity index is 660. The fourth-order valence-corrected chi connectivity index (χ4v) is 2.91. The number of aromatic carboxylic acids is 1. The SMILES string of the molecule is CNC(=O)CCN(C)S(=O)(=O)c1ccc(Cl)c(C(=O)O)c1. The molecule has 0 heterocycles. The highest BCUT2D eigenvalue weighted by molar-refractivity contribution is 7.89. The molecular formula is C12H15ClN2O5S. The standard InChI is InChI=1S/C12H15ClN2O5S/c1-14-11(16)5-6-15(2)21(19,20)8-3-4-10(13)9(7-8)12(17)18/h3-4,7H,5-6H2,1-2H3,(H,14,16)(H,17,18). The molecule has 0 fully saturated rings. The molecule has 1 aromatic rings. The molecule has 0 atom stereocenters. The van der Waals surface area contributed by atoms with Gasteiger partial charge in [-0.3, -0.25) is 4.79 Å². The van der Waals surface area contributed by atoms with Crippen LogP contribution in [0.2, 0.25) is 5.02 Å². The number of carboxylic acids is 1. The molecule has 9 heteroatoms. The van der Waals surface area contributed by atoms with E-state index >= 15 is 0 Å². The van der Waals surface area contributed by atoms with E-state index in [9.17, 15) is 18.0 Å². The quantitative estimate of drug-likeness (QED) is 0.800. The third-order valence-corrected chi connectivity index (χ3v) is 4.99. The zero-order chi connectivity index (χ0) is 16.2. The molecule has 0 spiro atoms. The third kappa shape index (κ3) is 4.16. The first-order chi connectivity index (χ1) is 9.70. The van der Waals surface area contributed by atoms with Gasteiger partial charge in [-0.15, -0.1) is 0 Å². The van der Waals surface area contributed by atoms with Gasteiger partial charge < -0.3 is 10.4 Å². The number of hydrogen-bond donors (Lipinski definition) is 2. The van der Waals surface area contributed by atoms with Crippen LogP contribution in [0.15, 0.2) is 23.1 Å². The molecule has 1 amide bonds. The molecule has 0 aromatic heterocycles. The Balaban J connectivity index is 3.05. The molecule has 1 aromatic carbocycles. The monoisotopic (exact) mass is 334 g/mol. The first-order valence-corrected chi connectivity index (χ1v) is 7.71. The summed E-state index contributed by atoms with van der Waals surface area (Å²) >= 11 is 5.70. The number of carbonyl (C=O) groups excluding carboxylic acids is 1. The van der Waals surface area contributed by atoms with Gasteiger partial charge in [-0.2, -0.15) is 0 Å². The van der Waals surface area contributed by atoms with Crippen LogP contribution in [0.4, 0.5) is 0 Å². The highest BCUT2D eigenvalue weighted by Gasteiger charge is 2.23. The number of nitrogens with zero attached hydrogens (tertiary/aromatic N) is 1. The fourth-order valence-electron chi connectivity index (χ4n) is 1.51. The molecule has 0 bridgehead atoms. The van der Waals surface area contributed by atoms with Gasteiger partial charge in [0.1, 0.15) is 0 Å². The Kier molecular flexibility index (Phi) is 5.70. The minimum Gasteiger partial charge on any atom is -0.478 e. The summed E-state index contributed by atoms with van der Waals surface area (Å²) in [7, 11) is -1.12. The van der Waals surface area contributed by atoms with Crippen molar-refractivity contribution in [2.75, 3.05) is 20.6 Å². The van der Waals surface area contributed by atoms with Crippen molar-refractivity contribution in [2.24, 2.45) is 0 Å². The topological polar surface area (TPSA) is 104 Å². The summed E-state index contributed by atoms with van der Waals surface area (Å²) in [5.74, 6) is -1.61. The van der Waals surface area contributed by atoms with E-state index in [2.05, 4.69) is 5.32 Å². The zero-order valence-corrected chi connectivity index (χ0v) is 13.0. The van der Waals surface area contributed by atoms with E-state index in [0.717, 1.165) is 10.4 Å². The van der Waals surface area contributed by atoms with Crippen LogP contribution in [-0.4, -0.2) is 50.3 Å². The number of nitrogens with one attached hydrogen (secondary N) is 1. The molecule has 0 saturated heterocycles. The van der Waals surface area contributed by atoms with Gasteiger partial charge in [0.2, 0.25) is 15.9 Å². The molecule has 1 rings (SSSR count). The van der Waals surface area contributed by atoms with Crippen LogP contribution >= 0.6 is 11.6 Å². The average Bonchev–Trinajstić information content (AvgIpc) is 2.43. The number of hydrogen-bond acceptors (Lipinski definition) is 4. The van der Waals surface area contributed by atoms with E-state index in [4.69, 9.17) is 16.7 Å². The summed E-state index contributed by atoms with van der Waals surface area (Å²) < 4.78 is 25.5. The maximum Gasteiger partial charge on any atom is 0.337 e. The lowest BCUT2D eigenvalue weighted by Gasteiger charge is -2.17. The second-order valence-electron chi connectivity index (χ2n) is 4.20. The van der Waals surface area contributed by atoms with E-state index in [0.29, 0.717) is 0 Å². The Morgan fingerprint density at radius 1 is 1.38 bits per heavy atom. The lowest BCUT2D eigenvalue weighted by Crippen LogP contribution is -2.31. The van der Waals surface area contributed by atoms with Crippen LogP contribution in [0.25, 0.3) is 0 Å². The lowest BCUT2D eigenvalue weighted by atomic mass is 10.2. The smallest absolute Gasteiger partial charge is 0.337 e. The predicted molar refractivity (Wildman–Crippen MR) is 76.9 cm³/mol. The van der Waals surface area contributed by atoms with Crippen molar-refractivity contribution in [2.45, 2.75) is 11.3 Å². The molecule has 0 unspecified atom stereocenters. The average molecular weight is 335 g/mol. The third-order valence-electron chi connectivity index (χ3n) is 2.81. The van der Waals surface area contributed by atoms with Gasteiger partial charge in [-0.1, -0.05) is 11.6 Å². The molecule has 2 N–H and O–H groups in total. The summed E-state index contributed by atoms with van der Waals surface area (Å²) in [5.41, 5.74) is -0.294. The van der Waals surface area contributed by atoms with Crippen molar-refractivity contribution in [1.29, 1.82) is 0 Å². The van der Waals surface area contributed by atoms with E-state index in [1.807, 2.05) is 0 Å². The normalized spacial score (nSPS) is 11.4. The molecular weight excluding hydrogens is 320 g/mol. The number of carboxylic acid groups (broad SMARTS) is 1. The Hall–Kier alpha value is -1.64. The van der Waals surface area contributed by atoms with Crippen LogP contribution in [0, 0.1) is 0 Å². The Morgan fingerprint density at radius 3 is 2.52 bits per heavy atom. The number of rotatable bonds is 6. The van der Waals surface area contributed by atoms with E-state index in [1.165, 1.54) is 26.2 Å². The Morgan fingerprint density at radius 2 is 2.00 bits per heavy atom. The highest BCUT2D eigenvalue weighted by atomic mass is 35.5. The highest BCUT2D eigenvalue weighted by Crippen LogP contribution is 2.22. The van der Waals surface area contributed by atoms with Gasteiger partial charge in [0.05, 0.1) is 15.5 Å². The summed E-state index contributed by atoms with van der Waals surface area (Å²) in [6.45, 7) is -0.0208. The van der Waals surface area contributed by atoms with Crippen molar-refractivity contribution in [3.63, 3.8) is 0 Å². The molecule has 116 valence electrons. The van der Waals surface area contributed by atoms with Gasteiger partial charge >= 0.3 is 5.97 Å².